The molecule has 0 amide bonds. The number of hydrogen-bond donors (Lipinski definition) is 0. The van der Waals surface area contributed by atoms with E-state index in [-0.39, 0.29) is 12.4 Å². The van der Waals surface area contributed by atoms with Crippen LogP contribution >= 0.6 is 11.6 Å². The van der Waals surface area contributed by atoms with Crippen molar-refractivity contribution in [2.45, 2.75) is 25.4 Å². The van der Waals surface area contributed by atoms with E-state index < -0.39 is 5.82 Å². The van der Waals surface area contributed by atoms with Gasteiger partial charge in [-0.05, 0) is 25.0 Å². The lowest BCUT2D eigenvalue weighted by Gasteiger charge is -2.04. The topological polar surface area (TPSA) is 48.2 Å². The van der Waals surface area contributed by atoms with Gasteiger partial charge in [-0.3, -0.25) is 0 Å². The van der Waals surface area contributed by atoms with Crippen molar-refractivity contribution in [1.29, 1.82) is 0 Å². The van der Waals surface area contributed by atoms with Gasteiger partial charge in [0.15, 0.2) is 12.4 Å². The van der Waals surface area contributed by atoms with Crippen LogP contribution in [0.2, 0.25) is 5.02 Å². The van der Waals surface area contributed by atoms with Crippen LogP contribution in [0.1, 0.15) is 30.5 Å². The Kier molecular flexibility index (Phi) is 2.91. The summed E-state index contributed by atoms with van der Waals surface area (Å²) in [6, 6.07) is 3.93. The summed E-state index contributed by atoms with van der Waals surface area (Å²) in [6.07, 6.45) is 2.21. The Balaban J connectivity index is 1.67. The van der Waals surface area contributed by atoms with Crippen LogP contribution in [0.4, 0.5) is 4.39 Å². The summed E-state index contributed by atoms with van der Waals surface area (Å²) in [4.78, 5) is 4.20. The van der Waals surface area contributed by atoms with Crippen molar-refractivity contribution in [3.05, 3.63) is 40.8 Å². The van der Waals surface area contributed by atoms with Crippen molar-refractivity contribution in [3.8, 4) is 5.75 Å². The highest BCUT2D eigenvalue weighted by atomic mass is 35.5. The first-order valence-electron chi connectivity index (χ1n) is 5.63. The Labute approximate surface area is 108 Å². The fraction of sp³-hybridized carbons (Fsp3) is 0.333. The minimum Gasteiger partial charge on any atom is -0.482 e. The maximum atomic E-state index is 13.0. The van der Waals surface area contributed by atoms with Crippen molar-refractivity contribution < 1.29 is 13.7 Å². The van der Waals surface area contributed by atoms with Crippen LogP contribution in [0.25, 0.3) is 0 Å². The zero-order valence-corrected chi connectivity index (χ0v) is 10.2. The molecule has 1 aromatic carbocycles. The van der Waals surface area contributed by atoms with Crippen molar-refractivity contribution in [2.75, 3.05) is 0 Å². The van der Waals surface area contributed by atoms with Crippen LogP contribution in [0.3, 0.4) is 0 Å². The molecule has 0 radical (unpaired) electrons. The van der Waals surface area contributed by atoms with E-state index in [4.69, 9.17) is 20.9 Å². The van der Waals surface area contributed by atoms with Crippen molar-refractivity contribution in [2.24, 2.45) is 0 Å². The van der Waals surface area contributed by atoms with Gasteiger partial charge in [-0.2, -0.15) is 4.98 Å². The van der Waals surface area contributed by atoms with Gasteiger partial charge in [0.1, 0.15) is 11.6 Å². The number of rotatable bonds is 4. The molecule has 3 rings (SSSR count). The number of hydrogen-bond acceptors (Lipinski definition) is 4. The molecule has 2 aromatic rings. The number of halogens is 2. The van der Waals surface area contributed by atoms with E-state index in [1.807, 2.05) is 0 Å². The highest BCUT2D eigenvalue weighted by Gasteiger charge is 2.28. The number of nitrogens with zero attached hydrogens (tertiary/aromatic N) is 2. The van der Waals surface area contributed by atoms with Crippen LogP contribution < -0.4 is 4.74 Å². The first-order valence-corrected chi connectivity index (χ1v) is 6.00. The first kappa shape index (κ1) is 11.5. The zero-order valence-electron chi connectivity index (χ0n) is 9.40. The molecule has 0 bridgehead atoms. The van der Waals surface area contributed by atoms with Crippen molar-refractivity contribution >= 4 is 11.6 Å². The summed E-state index contributed by atoms with van der Waals surface area (Å²) in [5, 5.41) is 4.20. The van der Waals surface area contributed by atoms with E-state index in [1.54, 1.807) is 0 Å². The molecule has 1 aromatic heterocycles. The van der Waals surface area contributed by atoms with Gasteiger partial charge < -0.3 is 9.26 Å². The van der Waals surface area contributed by atoms with E-state index in [1.165, 1.54) is 18.2 Å². The fourth-order valence-electron chi connectivity index (χ4n) is 1.56. The predicted molar refractivity (Wildman–Crippen MR) is 62.0 cm³/mol. The molecule has 1 saturated carbocycles. The molecular weight excluding hydrogens is 259 g/mol. The van der Waals surface area contributed by atoms with Gasteiger partial charge in [0.25, 0.3) is 5.89 Å². The first-order chi connectivity index (χ1) is 8.72. The molecule has 4 nitrogen and oxygen atoms in total. The van der Waals surface area contributed by atoms with Crippen molar-refractivity contribution in [3.63, 3.8) is 0 Å². The quantitative estimate of drug-likeness (QED) is 0.853. The number of ether oxygens (including phenoxy) is 1. The van der Waals surface area contributed by atoms with E-state index in [0.29, 0.717) is 16.8 Å². The molecule has 6 heteroatoms. The smallest absolute Gasteiger partial charge is 0.264 e. The minimum absolute atomic E-state index is 0.0862. The van der Waals surface area contributed by atoms with Gasteiger partial charge in [-0.15, -0.1) is 0 Å². The molecular formula is C12H10ClFN2O2. The second kappa shape index (κ2) is 4.57. The number of aromatic nitrogens is 2. The lowest BCUT2D eigenvalue weighted by molar-refractivity contribution is 0.242. The molecule has 0 aliphatic heterocycles. The van der Waals surface area contributed by atoms with Gasteiger partial charge in [-0.1, -0.05) is 16.8 Å². The maximum Gasteiger partial charge on any atom is 0.264 e. The average molecular weight is 269 g/mol. The van der Waals surface area contributed by atoms with Gasteiger partial charge in [0, 0.05) is 12.0 Å². The molecule has 1 fully saturated rings. The molecule has 0 unspecified atom stereocenters. The van der Waals surface area contributed by atoms with Gasteiger partial charge in [0.05, 0.1) is 5.02 Å². The summed E-state index contributed by atoms with van der Waals surface area (Å²) in [5.41, 5.74) is 0. The number of benzene rings is 1. The summed E-state index contributed by atoms with van der Waals surface area (Å²) < 4.78 is 23.4. The highest BCUT2D eigenvalue weighted by molar-refractivity contribution is 6.32. The fourth-order valence-corrected chi connectivity index (χ4v) is 1.73. The van der Waals surface area contributed by atoms with E-state index >= 15 is 0 Å². The van der Waals surface area contributed by atoms with E-state index in [2.05, 4.69) is 10.1 Å². The normalized spacial score (nSPS) is 14.8. The van der Waals surface area contributed by atoms with E-state index in [0.717, 1.165) is 18.7 Å². The Morgan fingerprint density at radius 2 is 2.28 bits per heavy atom. The Hall–Kier alpha value is -1.62. The molecule has 94 valence electrons. The van der Waals surface area contributed by atoms with Crippen LogP contribution in [-0.4, -0.2) is 10.1 Å². The average Bonchev–Trinajstić information content (AvgIpc) is 3.10. The molecule has 0 atom stereocenters. The van der Waals surface area contributed by atoms with Crippen LogP contribution in [0.5, 0.6) is 5.75 Å². The SMILES string of the molecule is Fc1ccc(Cl)c(OCc2nc(C3CC3)no2)c1. The molecule has 18 heavy (non-hydrogen) atoms. The summed E-state index contributed by atoms with van der Waals surface area (Å²) in [5.74, 6) is 1.39. The Bertz CT molecular complexity index is 569. The second-order valence-electron chi connectivity index (χ2n) is 4.18. The Morgan fingerprint density at radius 3 is 3.06 bits per heavy atom. The molecule has 0 N–H and O–H groups in total. The lowest BCUT2D eigenvalue weighted by Crippen LogP contribution is -1.97. The monoisotopic (exact) mass is 268 g/mol. The van der Waals surface area contributed by atoms with Crippen LogP contribution in [0.15, 0.2) is 22.7 Å². The second-order valence-corrected chi connectivity index (χ2v) is 4.59. The third-order valence-electron chi connectivity index (χ3n) is 2.67. The lowest BCUT2D eigenvalue weighted by atomic mass is 10.3. The predicted octanol–water partition coefficient (Wildman–Crippen LogP) is 3.32. The van der Waals surface area contributed by atoms with Gasteiger partial charge in [-0.25, -0.2) is 4.39 Å². The van der Waals surface area contributed by atoms with Gasteiger partial charge in [0.2, 0.25) is 0 Å². The Morgan fingerprint density at radius 1 is 1.44 bits per heavy atom. The molecule has 1 heterocycles. The molecule has 1 aliphatic carbocycles. The minimum atomic E-state index is -0.404. The van der Waals surface area contributed by atoms with Crippen LogP contribution in [0, 0.1) is 5.82 Å². The largest absolute Gasteiger partial charge is 0.482 e. The van der Waals surface area contributed by atoms with Crippen molar-refractivity contribution in [1.82, 2.24) is 10.1 Å². The summed E-state index contributed by atoms with van der Waals surface area (Å²) in [7, 11) is 0. The highest BCUT2D eigenvalue weighted by Crippen LogP contribution is 2.38. The third kappa shape index (κ3) is 2.46. The zero-order chi connectivity index (χ0) is 12.5. The van der Waals surface area contributed by atoms with Gasteiger partial charge >= 0.3 is 0 Å². The summed E-state index contributed by atoms with van der Waals surface area (Å²) in [6.45, 7) is 0.0862. The van der Waals surface area contributed by atoms with Crippen LogP contribution in [-0.2, 0) is 6.61 Å². The standard InChI is InChI=1S/C12H10ClFN2O2/c13-9-4-3-8(14)5-10(9)17-6-11-15-12(16-18-11)7-1-2-7/h3-5,7H,1-2,6H2. The maximum absolute atomic E-state index is 13.0. The van der Waals surface area contributed by atoms with E-state index in [9.17, 15) is 4.39 Å². The third-order valence-corrected chi connectivity index (χ3v) is 2.98. The summed E-state index contributed by atoms with van der Waals surface area (Å²) >= 11 is 5.87. The molecule has 0 saturated heterocycles. The molecule has 0 spiro atoms. The molecule has 1 aliphatic rings.